The number of nitrogens with one attached hydrogen (secondary N) is 1. The molecule has 2 aliphatic rings. The SMILES string of the molecule is Cc1ccc(CNC(=O)C2CCN(C(=O)c3nn(C)c4c3CN(C(=O)c3ccccc3)CC4)CC2)cc1. The van der Waals surface area contributed by atoms with Gasteiger partial charge in [-0.2, -0.15) is 5.10 Å². The molecular formula is C29H33N5O3. The standard InChI is InChI=1S/C29H33N5O3/c1-20-8-10-21(11-9-20)18-30-27(35)22-12-15-33(16-13-22)29(37)26-24-19-34(17-14-25(24)32(2)31-26)28(36)23-6-4-3-5-7-23/h3-11,22H,12-19H2,1-2H3,(H,30,35). The fourth-order valence-electron chi connectivity index (χ4n) is 5.23. The summed E-state index contributed by atoms with van der Waals surface area (Å²) in [5.41, 5.74) is 5.17. The van der Waals surface area contributed by atoms with Gasteiger partial charge in [0.1, 0.15) is 0 Å². The first kappa shape index (κ1) is 24.7. The number of aromatic nitrogens is 2. The minimum Gasteiger partial charge on any atom is -0.352 e. The molecule has 8 heteroatoms. The lowest BCUT2D eigenvalue weighted by Gasteiger charge is -2.32. The first-order chi connectivity index (χ1) is 17.9. The highest BCUT2D eigenvalue weighted by molar-refractivity contribution is 5.96. The Hall–Kier alpha value is -3.94. The van der Waals surface area contributed by atoms with E-state index in [4.69, 9.17) is 0 Å². The molecule has 3 amide bonds. The van der Waals surface area contributed by atoms with Crippen LogP contribution in [0.2, 0.25) is 0 Å². The number of hydrogen-bond acceptors (Lipinski definition) is 4. The summed E-state index contributed by atoms with van der Waals surface area (Å²) in [5.74, 6) is -0.223. The number of likely N-dealkylation sites (tertiary alicyclic amines) is 1. The third kappa shape index (κ3) is 5.28. The molecule has 1 fully saturated rings. The van der Waals surface area contributed by atoms with Gasteiger partial charge >= 0.3 is 0 Å². The lowest BCUT2D eigenvalue weighted by atomic mass is 9.95. The molecule has 0 saturated carbocycles. The summed E-state index contributed by atoms with van der Waals surface area (Å²) in [6.45, 7) is 4.54. The Morgan fingerprint density at radius 1 is 0.919 bits per heavy atom. The Bertz CT molecular complexity index is 1290. The number of fused-ring (bicyclic) bond motifs is 1. The first-order valence-electron chi connectivity index (χ1n) is 12.9. The van der Waals surface area contributed by atoms with Crippen molar-refractivity contribution in [3.05, 3.63) is 88.2 Å². The van der Waals surface area contributed by atoms with Crippen LogP contribution in [0.4, 0.5) is 0 Å². The van der Waals surface area contributed by atoms with Crippen molar-refractivity contribution in [3.63, 3.8) is 0 Å². The Kier molecular flexibility index (Phi) is 7.08. The van der Waals surface area contributed by atoms with Crippen molar-refractivity contribution in [2.75, 3.05) is 19.6 Å². The summed E-state index contributed by atoms with van der Waals surface area (Å²) < 4.78 is 1.78. The van der Waals surface area contributed by atoms with E-state index in [9.17, 15) is 14.4 Å². The zero-order valence-electron chi connectivity index (χ0n) is 21.4. The molecule has 0 atom stereocenters. The van der Waals surface area contributed by atoms with Gasteiger partial charge in [0.2, 0.25) is 5.91 Å². The monoisotopic (exact) mass is 499 g/mol. The molecule has 0 unspecified atom stereocenters. The number of nitrogens with zero attached hydrogens (tertiary/aromatic N) is 4. The van der Waals surface area contributed by atoms with E-state index in [1.54, 1.807) is 14.5 Å². The summed E-state index contributed by atoms with van der Waals surface area (Å²) in [6.07, 6.45) is 1.91. The number of piperidine rings is 1. The van der Waals surface area contributed by atoms with Crippen molar-refractivity contribution in [2.24, 2.45) is 13.0 Å². The molecule has 37 heavy (non-hydrogen) atoms. The van der Waals surface area contributed by atoms with Gasteiger partial charge in [-0.1, -0.05) is 48.0 Å². The molecule has 2 aliphatic heterocycles. The van der Waals surface area contributed by atoms with Gasteiger partial charge in [0.15, 0.2) is 5.69 Å². The second-order valence-electron chi connectivity index (χ2n) is 10.0. The van der Waals surface area contributed by atoms with Crippen LogP contribution < -0.4 is 5.32 Å². The maximum Gasteiger partial charge on any atom is 0.274 e. The van der Waals surface area contributed by atoms with E-state index in [2.05, 4.69) is 10.4 Å². The van der Waals surface area contributed by atoms with Crippen molar-refractivity contribution < 1.29 is 14.4 Å². The molecule has 192 valence electrons. The fraction of sp³-hybridized carbons (Fsp3) is 0.379. The number of amides is 3. The van der Waals surface area contributed by atoms with E-state index in [0.717, 1.165) is 16.8 Å². The molecule has 8 nitrogen and oxygen atoms in total. The van der Waals surface area contributed by atoms with Crippen molar-refractivity contribution in [1.29, 1.82) is 0 Å². The van der Waals surface area contributed by atoms with Crippen LogP contribution in [0.25, 0.3) is 0 Å². The summed E-state index contributed by atoms with van der Waals surface area (Å²) in [5, 5.41) is 7.61. The van der Waals surface area contributed by atoms with Crippen LogP contribution >= 0.6 is 0 Å². The van der Waals surface area contributed by atoms with Crippen LogP contribution in [0.5, 0.6) is 0 Å². The summed E-state index contributed by atoms with van der Waals surface area (Å²) in [6, 6.07) is 17.4. The van der Waals surface area contributed by atoms with Crippen molar-refractivity contribution in [2.45, 2.75) is 39.3 Å². The van der Waals surface area contributed by atoms with E-state index in [-0.39, 0.29) is 23.6 Å². The van der Waals surface area contributed by atoms with Gasteiger partial charge in [0.05, 0.1) is 6.54 Å². The molecular weight excluding hydrogens is 466 g/mol. The molecule has 1 N–H and O–H groups in total. The second kappa shape index (κ2) is 10.6. The van der Waals surface area contributed by atoms with Crippen LogP contribution in [0.3, 0.4) is 0 Å². The molecule has 1 saturated heterocycles. The Balaban J connectivity index is 1.20. The van der Waals surface area contributed by atoms with Crippen LogP contribution in [0.15, 0.2) is 54.6 Å². The van der Waals surface area contributed by atoms with E-state index in [0.29, 0.717) is 63.2 Å². The molecule has 0 aliphatic carbocycles. The number of hydrogen-bond donors (Lipinski definition) is 1. The minimum absolute atomic E-state index is 0.0361. The lowest BCUT2D eigenvalue weighted by Crippen LogP contribution is -2.43. The number of carbonyl (C=O) groups excluding carboxylic acids is 3. The Labute approximate surface area is 217 Å². The molecule has 0 radical (unpaired) electrons. The Morgan fingerprint density at radius 2 is 1.62 bits per heavy atom. The third-order valence-corrected chi connectivity index (χ3v) is 7.49. The average Bonchev–Trinajstić information content (AvgIpc) is 3.27. The minimum atomic E-state index is -0.121. The van der Waals surface area contributed by atoms with E-state index in [1.807, 2.05) is 68.6 Å². The zero-order chi connectivity index (χ0) is 25.9. The zero-order valence-corrected chi connectivity index (χ0v) is 21.4. The predicted molar refractivity (Wildman–Crippen MR) is 140 cm³/mol. The van der Waals surface area contributed by atoms with Crippen molar-refractivity contribution >= 4 is 17.7 Å². The van der Waals surface area contributed by atoms with Crippen molar-refractivity contribution in [3.8, 4) is 0 Å². The molecule has 3 heterocycles. The van der Waals surface area contributed by atoms with Gasteiger partial charge in [0.25, 0.3) is 11.8 Å². The smallest absolute Gasteiger partial charge is 0.274 e. The summed E-state index contributed by atoms with van der Waals surface area (Å²) in [4.78, 5) is 42.8. The van der Waals surface area contributed by atoms with Gasteiger partial charge in [0, 0.05) is 62.4 Å². The van der Waals surface area contributed by atoms with Gasteiger partial charge in [-0.25, -0.2) is 0 Å². The maximum atomic E-state index is 13.5. The number of carbonyl (C=O) groups is 3. The van der Waals surface area contributed by atoms with Crippen LogP contribution in [0.1, 0.15) is 56.1 Å². The van der Waals surface area contributed by atoms with E-state index < -0.39 is 0 Å². The number of benzene rings is 2. The van der Waals surface area contributed by atoms with Crippen LogP contribution in [-0.4, -0.2) is 56.9 Å². The average molecular weight is 500 g/mol. The highest BCUT2D eigenvalue weighted by Crippen LogP contribution is 2.26. The second-order valence-corrected chi connectivity index (χ2v) is 10.0. The molecule has 0 spiro atoms. The lowest BCUT2D eigenvalue weighted by molar-refractivity contribution is -0.126. The first-order valence-corrected chi connectivity index (χ1v) is 12.9. The van der Waals surface area contributed by atoms with Gasteiger partial charge < -0.3 is 15.1 Å². The topological polar surface area (TPSA) is 87.5 Å². The van der Waals surface area contributed by atoms with E-state index >= 15 is 0 Å². The molecule has 2 aromatic carbocycles. The van der Waals surface area contributed by atoms with Gasteiger partial charge in [-0.3, -0.25) is 19.1 Å². The molecule has 5 rings (SSSR count). The van der Waals surface area contributed by atoms with Crippen LogP contribution in [0, 0.1) is 12.8 Å². The molecule has 1 aromatic heterocycles. The number of aryl methyl sites for hydroxylation is 2. The molecule has 3 aromatic rings. The normalized spacial score (nSPS) is 15.8. The van der Waals surface area contributed by atoms with Gasteiger partial charge in [-0.15, -0.1) is 0 Å². The van der Waals surface area contributed by atoms with E-state index in [1.165, 1.54) is 5.56 Å². The summed E-state index contributed by atoms with van der Waals surface area (Å²) in [7, 11) is 1.86. The Morgan fingerprint density at radius 3 is 2.32 bits per heavy atom. The quantitative estimate of drug-likeness (QED) is 0.585. The van der Waals surface area contributed by atoms with Gasteiger partial charge in [-0.05, 0) is 37.5 Å². The van der Waals surface area contributed by atoms with Crippen LogP contribution in [-0.2, 0) is 31.4 Å². The maximum absolute atomic E-state index is 13.5. The highest BCUT2D eigenvalue weighted by Gasteiger charge is 2.34. The highest BCUT2D eigenvalue weighted by atomic mass is 16.2. The summed E-state index contributed by atoms with van der Waals surface area (Å²) >= 11 is 0. The number of rotatable bonds is 5. The largest absolute Gasteiger partial charge is 0.352 e. The fourth-order valence-corrected chi connectivity index (χ4v) is 5.23. The molecule has 0 bridgehead atoms. The third-order valence-electron chi connectivity index (χ3n) is 7.49. The van der Waals surface area contributed by atoms with Crippen molar-refractivity contribution in [1.82, 2.24) is 24.9 Å². The predicted octanol–water partition coefficient (Wildman–Crippen LogP) is 3.10.